The van der Waals surface area contributed by atoms with Gasteiger partial charge in [-0.3, -0.25) is 4.98 Å². The highest BCUT2D eigenvalue weighted by Gasteiger charge is 2.14. The number of hydrogen-bond acceptors (Lipinski definition) is 6. The van der Waals surface area contributed by atoms with E-state index in [1.54, 1.807) is 19.4 Å². The molecule has 2 N–H and O–H groups in total. The van der Waals surface area contributed by atoms with Crippen molar-refractivity contribution in [3.05, 3.63) is 29.8 Å². The van der Waals surface area contributed by atoms with Crippen molar-refractivity contribution in [3.8, 4) is 11.5 Å². The van der Waals surface area contributed by atoms with Crippen LogP contribution < -0.4 is 5.73 Å². The monoisotopic (exact) mass is 234 g/mol. The Morgan fingerprint density at radius 2 is 2.35 bits per heavy atom. The van der Waals surface area contributed by atoms with Crippen LogP contribution in [0.15, 0.2) is 22.9 Å². The van der Waals surface area contributed by atoms with Gasteiger partial charge in [-0.1, -0.05) is 5.16 Å². The van der Waals surface area contributed by atoms with Crippen LogP contribution in [0.25, 0.3) is 11.5 Å². The van der Waals surface area contributed by atoms with Crippen molar-refractivity contribution in [3.63, 3.8) is 0 Å². The number of nitrogens with two attached hydrogens (primary N) is 1. The zero-order chi connectivity index (χ0) is 12.3. The van der Waals surface area contributed by atoms with Crippen LogP contribution in [-0.2, 0) is 11.3 Å². The summed E-state index contributed by atoms with van der Waals surface area (Å²) in [6, 6.07) is 3.63. The summed E-state index contributed by atoms with van der Waals surface area (Å²) in [7, 11) is 1.60. The first-order chi connectivity index (χ1) is 8.24. The van der Waals surface area contributed by atoms with Crippen LogP contribution in [0, 0.1) is 0 Å². The molecule has 6 heteroatoms. The van der Waals surface area contributed by atoms with Gasteiger partial charge in [-0.2, -0.15) is 4.98 Å². The molecule has 0 spiro atoms. The summed E-state index contributed by atoms with van der Waals surface area (Å²) in [5, 5.41) is 3.86. The highest BCUT2D eigenvalue weighted by atomic mass is 16.5. The van der Waals surface area contributed by atoms with E-state index in [2.05, 4.69) is 15.1 Å². The standard InChI is InChI=1S/C11H14N4O2/c1-7(16-2)10-14-11(17-15-10)8-3-4-13-9(5-8)6-12/h3-5,7H,6,12H2,1-2H3. The normalized spacial score (nSPS) is 12.6. The molecule has 0 aliphatic carbocycles. The summed E-state index contributed by atoms with van der Waals surface area (Å²) < 4.78 is 10.3. The van der Waals surface area contributed by atoms with Crippen LogP contribution in [0.3, 0.4) is 0 Å². The molecule has 90 valence electrons. The average Bonchev–Trinajstić information content (AvgIpc) is 2.87. The average molecular weight is 234 g/mol. The van der Waals surface area contributed by atoms with E-state index in [0.717, 1.165) is 11.3 Å². The van der Waals surface area contributed by atoms with E-state index in [1.807, 2.05) is 13.0 Å². The van der Waals surface area contributed by atoms with Crippen LogP contribution >= 0.6 is 0 Å². The second-order valence-electron chi connectivity index (χ2n) is 3.58. The molecule has 1 atom stereocenters. The highest BCUT2D eigenvalue weighted by Crippen LogP contribution is 2.20. The van der Waals surface area contributed by atoms with Crippen LogP contribution in [0.4, 0.5) is 0 Å². The topological polar surface area (TPSA) is 87.1 Å². The largest absolute Gasteiger partial charge is 0.374 e. The summed E-state index contributed by atoms with van der Waals surface area (Å²) in [6.07, 6.45) is 1.48. The molecule has 0 saturated heterocycles. The lowest BCUT2D eigenvalue weighted by Gasteiger charge is -2.01. The Balaban J connectivity index is 2.30. The molecule has 0 aliphatic heterocycles. The zero-order valence-electron chi connectivity index (χ0n) is 9.75. The number of hydrogen-bond donors (Lipinski definition) is 1. The van der Waals surface area contributed by atoms with Crippen molar-refractivity contribution in [1.29, 1.82) is 0 Å². The highest BCUT2D eigenvalue weighted by molar-refractivity contribution is 5.52. The lowest BCUT2D eigenvalue weighted by atomic mass is 10.2. The molecule has 0 amide bonds. The minimum atomic E-state index is -0.191. The Bertz CT molecular complexity index is 498. The molecule has 1 unspecified atom stereocenters. The number of aromatic nitrogens is 3. The summed E-state index contributed by atoms with van der Waals surface area (Å²) in [6.45, 7) is 2.23. The summed E-state index contributed by atoms with van der Waals surface area (Å²) >= 11 is 0. The van der Waals surface area contributed by atoms with Crippen molar-refractivity contribution in [2.24, 2.45) is 5.73 Å². The van der Waals surface area contributed by atoms with E-state index in [-0.39, 0.29) is 6.10 Å². The summed E-state index contributed by atoms with van der Waals surface area (Å²) in [4.78, 5) is 8.36. The van der Waals surface area contributed by atoms with Gasteiger partial charge in [-0.05, 0) is 19.1 Å². The third-order valence-electron chi connectivity index (χ3n) is 2.43. The second kappa shape index (κ2) is 5.03. The van der Waals surface area contributed by atoms with Crippen molar-refractivity contribution in [2.75, 3.05) is 7.11 Å². The Kier molecular flexibility index (Phi) is 3.46. The quantitative estimate of drug-likeness (QED) is 0.857. The predicted molar refractivity (Wildman–Crippen MR) is 60.8 cm³/mol. The van der Waals surface area contributed by atoms with Gasteiger partial charge in [-0.25, -0.2) is 0 Å². The first kappa shape index (κ1) is 11.7. The molecule has 2 aromatic heterocycles. The number of ether oxygens (including phenoxy) is 1. The van der Waals surface area contributed by atoms with Crippen LogP contribution in [0.1, 0.15) is 24.5 Å². The van der Waals surface area contributed by atoms with E-state index >= 15 is 0 Å². The molecule has 0 aliphatic rings. The predicted octanol–water partition coefficient (Wildman–Crippen LogP) is 1.30. The van der Waals surface area contributed by atoms with Gasteiger partial charge in [-0.15, -0.1) is 0 Å². The van der Waals surface area contributed by atoms with Gasteiger partial charge in [0.05, 0.1) is 5.69 Å². The van der Waals surface area contributed by atoms with Gasteiger partial charge in [0.25, 0.3) is 5.89 Å². The summed E-state index contributed by atoms with van der Waals surface area (Å²) in [5.41, 5.74) is 7.11. The Morgan fingerprint density at radius 3 is 3.06 bits per heavy atom. The van der Waals surface area contributed by atoms with Crippen molar-refractivity contribution in [2.45, 2.75) is 19.6 Å². The van der Waals surface area contributed by atoms with Gasteiger partial charge >= 0.3 is 0 Å². The Labute approximate surface area is 98.8 Å². The van der Waals surface area contributed by atoms with Gasteiger partial charge in [0.15, 0.2) is 0 Å². The third kappa shape index (κ3) is 2.48. The van der Waals surface area contributed by atoms with Crippen LogP contribution in [0.5, 0.6) is 0 Å². The SMILES string of the molecule is COC(C)c1noc(-c2ccnc(CN)c2)n1. The maximum absolute atomic E-state index is 5.52. The minimum absolute atomic E-state index is 0.191. The van der Waals surface area contributed by atoms with E-state index < -0.39 is 0 Å². The fourth-order valence-corrected chi connectivity index (χ4v) is 1.35. The lowest BCUT2D eigenvalue weighted by Crippen LogP contribution is -1.99. The minimum Gasteiger partial charge on any atom is -0.374 e. The maximum atomic E-state index is 5.52. The Morgan fingerprint density at radius 1 is 1.53 bits per heavy atom. The van der Waals surface area contributed by atoms with E-state index in [4.69, 9.17) is 15.0 Å². The molecular formula is C11H14N4O2. The number of rotatable bonds is 4. The van der Waals surface area contributed by atoms with Gasteiger partial charge in [0, 0.05) is 25.4 Å². The summed E-state index contributed by atoms with van der Waals surface area (Å²) in [5.74, 6) is 0.967. The first-order valence-electron chi connectivity index (χ1n) is 5.26. The molecule has 17 heavy (non-hydrogen) atoms. The van der Waals surface area contributed by atoms with Gasteiger partial charge in [0.1, 0.15) is 6.10 Å². The number of methoxy groups -OCH3 is 1. The molecule has 0 saturated carbocycles. The van der Waals surface area contributed by atoms with Crippen molar-refractivity contribution < 1.29 is 9.26 Å². The number of nitrogens with zero attached hydrogens (tertiary/aromatic N) is 3. The van der Waals surface area contributed by atoms with E-state index in [9.17, 15) is 0 Å². The van der Waals surface area contributed by atoms with Crippen LogP contribution in [0.2, 0.25) is 0 Å². The van der Waals surface area contributed by atoms with E-state index in [0.29, 0.717) is 18.3 Å². The first-order valence-corrected chi connectivity index (χ1v) is 5.26. The van der Waals surface area contributed by atoms with Gasteiger partial charge < -0.3 is 15.0 Å². The van der Waals surface area contributed by atoms with Gasteiger partial charge in [0.2, 0.25) is 5.82 Å². The Hall–Kier alpha value is -1.79. The fraction of sp³-hybridized carbons (Fsp3) is 0.364. The lowest BCUT2D eigenvalue weighted by molar-refractivity contribution is 0.109. The maximum Gasteiger partial charge on any atom is 0.258 e. The third-order valence-corrected chi connectivity index (χ3v) is 2.43. The molecule has 0 bridgehead atoms. The molecule has 0 aromatic carbocycles. The zero-order valence-corrected chi connectivity index (χ0v) is 9.75. The second-order valence-corrected chi connectivity index (χ2v) is 3.58. The smallest absolute Gasteiger partial charge is 0.258 e. The van der Waals surface area contributed by atoms with Crippen LogP contribution in [-0.4, -0.2) is 22.2 Å². The molecule has 0 fully saturated rings. The molecule has 0 radical (unpaired) electrons. The fourth-order valence-electron chi connectivity index (χ4n) is 1.35. The molecule has 6 nitrogen and oxygen atoms in total. The van der Waals surface area contributed by atoms with Crippen molar-refractivity contribution in [1.82, 2.24) is 15.1 Å². The van der Waals surface area contributed by atoms with E-state index in [1.165, 1.54) is 0 Å². The molecular weight excluding hydrogens is 220 g/mol. The molecule has 2 heterocycles. The molecule has 2 aromatic rings. The molecule has 2 rings (SSSR count). The number of pyridine rings is 1. The van der Waals surface area contributed by atoms with Crippen molar-refractivity contribution >= 4 is 0 Å².